The monoisotopic (exact) mass is 382 g/mol. The lowest BCUT2D eigenvalue weighted by atomic mass is 10.1. The standard InChI is InChI=1S/C15H28O7P2/c1-13(2)7-5-8-14(3)9-6-10-15(4)11-12-21-24(19,20)22-23(16,17)18/h7,9,11H,5-6,8,10,12H2,1-4H3,(H,19,20)(H2,16,17,18)/b14-9?,15-11-. The molecule has 1 atom stereocenters. The van der Waals surface area contributed by atoms with E-state index in [9.17, 15) is 9.13 Å². The number of hydrogen-bond acceptors (Lipinski definition) is 4. The van der Waals surface area contributed by atoms with Crippen molar-refractivity contribution in [1.29, 1.82) is 0 Å². The van der Waals surface area contributed by atoms with Crippen LogP contribution in [-0.4, -0.2) is 21.3 Å². The van der Waals surface area contributed by atoms with Gasteiger partial charge in [0.25, 0.3) is 0 Å². The molecule has 0 rings (SSSR count). The summed E-state index contributed by atoms with van der Waals surface area (Å²) in [6.07, 6.45) is 9.59. The minimum atomic E-state index is -5.07. The van der Waals surface area contributed by atoms with Crippen molar-refractivity contribution >= 4 is 15.6 Å². The van der Waals surface area contributed by atoms with Gasteiger partial charge in [-0.1, -0.05) is 34.9 Å². The molecule has 0 radical (unpaired) electrons. The third-order valence-corrected chi connectivity index (χ3v) is 5.15. The average Bonchev–Trinajstić information content (AvgIpc) is 2.34. The van der Waals surface area contributed by atoms with Crippen molar-refractivity contribution in [2.45, 2.75) is 53.4 Å². The Morgan fingerprint density at radius 1 is 0.875 bits per heavy atom. The lowest BCUT2D eigenvalue weighted by Crippen LogP contribution is -1.94. The topological polar surface area (TPSA) is 113 Å². The largest absolute Gasteiger partial charge is 0.481 e. The molecule has 0 amide bonds. The van der Waals surface area contributed by atoms with Crippen LogP contribution in [-0.2, 0) is 18.0 Å². The zero-order chi connectivity index (χ0) is 18.8. The first-order chi connectivity index (χ1) is 10.9. The summed E-state index contributed by atoms with van der Waals surface area (Å²) < 4.78 is 29.9. The van der Waals surface area contributed by atoms with E-state index in [0.717, 1.165) is 31.3 Å². The van der Waals surface area contributed by atoms with Gasteiger partial charge in [0, 0.05) is 0 Å². The molecular formula is C15H28O7P2. The number of rotatable bonds is 11. The van der Waals surface area contributed by atoms with Crippen LogP contribution in [0, 0.1) is 0 Å². The molecule has 0 aromatic carbocycles. The third kappa shape index (κ3) is 15.0. The van der Waals surface area contributed by atoms with E-state index in [0.29, 0.717) is 0 Å². The van der Waals surface area contributed by atoms with Gasteiger partial charge < -0.3 is 14.7 Å². The maximum Gasteiger partial charge on any atom is 0.481 e. The van der Waals surface area contributed by atoms with Crippen LogP contribution in [0.4, 0.5) is 0 Å². The van der Waals surface area contributed by atoms with Crippen molar-refractivity contribution in [3.63, 3.8) is 0 Å². The van der Waals surface area contributed by atoms with E-state index in [2.05, 4.69) is 41.8 Å². The van der Waals surface area contributed by atoms with E-state index in [1.54, 1.807) is 6.08 Å². The fourth-order valence-corrected chi connectivity index (χ4v) is 3.30. The summed E-state index contributed by atoms with van der Waals surface area (Å²) in [5.41, 5.74) is 3.57. The van der Waals surface area contributed by atoms with Crippen LogP contribution in [0.15, 0.2) is 34.9 Å². The van der Waals surface area contributed by atoms with Crippen LogP contribution in [0.25, 0.3) is 0 Å². The van der Waals surface area contributed by atoms with Gasteiger partial charge in [0.2, 0.25) is 0 Å². The van der Waals surface area contributed by atoms with Crippen molar-refractivity contribution in [3.05, 3.63) is 34.9 Å². The highest BCUT2D eigenvalue weighted by atomic mass is 31.3. The highest BCUT2D eigenvalue weighted by Crippen LogP contribution is 2.57. The van der Waals surface area contributed by atoms with Crippen LogP contribution >= 0.6 is 15.6 Å². The fraction of sp³-hybridized carbons (Fsp3) is 0.600. The minimum absolute atomic E-state index is 0.261. The Kier molecular flexibility index (Phi) is 10.9. The molecule has 9 heteroatoms. The van der Waals surface area contributed by atoms with Crippen LogP contribution in [0.5, 0.6) is 0 Å². The molecule has 7 nitrogen and oxygen atoms in total. The molecule has 0 bridgehead atoms. The maximum absolute atomic E-state index is 11.2. The second-order valence-corrected chi connectivity index (χ2v) is 8.63. The third-order valence-electron chi connectivity index (χ3n) is 3.00. The average molecular weight is 382 g/mol. The lowest BCUT2D eigenvalue weighted by Gasteiger charge is -2.11. The van der Waals surface area contributed by atoms with Gasteiger partial charge in [0.1, 0.15) is 0 Å². The number of hydrogen-bond donors (Lipinski definition) is 3. The van der Waals surface area contributed by atoms with Crippen LogP contribution in [0.1, 0.15) is 53.4 Å². The van der Waals surface area contributed by atoms with Crippen LogP contribution in [0.3, 0.4) is 0 Å². The molecule has 0 aliphatic carbocycles. The summed E-state index contributed by atoms with van der Waals surface area (Å²) >= 11 is 0. The quantitative estimate of drug-likeness (QED) is 0.353. The van der Waals surface area contributed by atoms with E-state index < -0.39 is 15.6 Å². The number of phosphoric acid groups is 2. The molecule has 0 aliphatic rings. The second-order valence-electron chi connectivity index (χ2n) is 5.80. The Labute approximate surface area is 143 Å². The van der Waals surface area contributed by atoms with Gasteiger partial charge in [-0.3, -0.25) is 4.52 Å². The molecule has 3 N–H and O–H groups in total. The second kappa shape index (κ2) is 11.2. The highest BCUT2D eigenvalue weighted by molar-refractivity contribution is 7.60. The van der Waals surface area contributed by atoms with Gasteiger partial charge in [0.15, 0.2) is 0 Å². The molecule has 24 heavy (non-hydrogen) atoms. The van der Waals surface area contributed by atoms with E-state index in [4.69, 9.17) is 14.7 Å². The Morgan fingerprint density at radius 2 is 1.38 bits per heavy atom. The SMILES string of the molecule is CC(C)=CCCC(C)=CCC/C(C)=C\COP(=O)(O)OP(=O)(O)O. The summed E-state index contributed by atoms with van der Waals surface area (Å²) in [6, 6.07) is 0. The zero-order valence-corrected chi connectivity index (χ0v) is 16.4. The van der Waals surface area contributed by atoms with Crippen LogP contribution in [0.2, 0.25) is 0 Å². The first-order valence-corrected chi connectivity index (χ1v) is 10.6. The van der Waals surface area contributed by atoms with Gasteiger partial charge >= 0.3 is 15.6 Å². The predicted molar refractivity (Wildman–Crippen MR) is 94.3 cm³/mol. The van der Waals surface area contributed by atoms with Gasteiger partial charge in [-0.15, -0.1) is 0 Å². The first kappa shape index (κ1) is 23.5. The molecular weight excluding hydrogens is 354 g/mol. The molecule has 0 aromatic heterocycles. The minimum Gasteiger partial charge on any atom is -0.302 e. The number of phosphoric ester groups is 1. The molecule has 0 aromatic rings. The Balaban J connectivity index is 4.18. The van der Waals surface area contributed by atoms with E-state index >= 15 is 0 Å². The fourth-order valence-electron chi connectivity index (χ4n) is 1.77. The molecule has 0 spiro atoms. The van der Waals surface area contributed by atoms with E-state index in [-0.39, 0.29) is 6.61 Å². The van der Waals surface area contributed by atoms with Crippen molar-refractivity contribution in [1.82, 2.24) is 0 Å². The van der Waals surface area contributed by atoms with Gasteiger partial charge in [-0.05, 0) is 53.4 Å². The number of allylic oxidation sites excluding steroid dienone is 5. The van der Waals surface area contributed by atoms with Crippen LogP contribution < -0.4 is 0 Å². The normalized spacial score (nSPS) is 16.0. The summed E-state index contributed by atoms with van der Waals surface area (Å²) in [5.74, 6) is 0. The summed E-state index contributed by atoms with van der Waals surface area (Å²) in [7, 11) is -9.82. The van der Waals surface area contributed by atoms with Crippen molar-refractivity contribution in [2.75, 3.05) is 6.61 Å². The zero-order valence-electron chi connectivity index (χ0n) is 14.6. The lowest BCUT2D eigenvalue weighted by molar-refractivity contribution is 0.191. The highest BCUT2D eigenvalue weighted by Gasteiger charge is 2.31. The van der Waals surface area contributed by atoms with Gasteiger partial charge in [-0.2, -0.15) is 4.31 Å². The smallest absolute Gasteiger partial charge is 0.302 e. The molecule has 0 fully saturated rings. The summed E-state index contributed by atoms with van der Waals surface area (Å²) in [4.78, 5) is 26.1. The molecule has 0 saturated heterocycles. The maximum atomic E-state index is 11.2. The first-order valence-electron chi connectivity index (χ1n) is 7.60. The molecule has 0 heterocycles. The Morgan fingerprint density at radius 3 is 1.88 bits per heavy atom. The molecule has 1 unspecified atom stereocenters. The van der Waals surface area contributed by atoms with Gasteiger partial charge in [-0.25, -0.2) is 9.13 Å². The van der Waals surface area contributed by atoms with E-state index in [1.165, 1.54) is 11.1 Å². The predicted octanol–water partition coefficient (Wildman–Crippen LogP) is 4.63. The van der Waals surface area contributed by atoms with Gasteiger partial charge in [0.05, 0.1) is 6.61 Å². The molecule has 0 aliphatic heterocycles. The summed E-state index contributed by atoms with van der Waals surface area (Å²) in [6.45, 7) is 7.82. The Bertz CT molecular complexity index is 568. The molecule has 140 valence electrons. The Hall–Kier alpha value is -0.520. The molecule has 0 saturated carbocycles. The van der Waals surface area contributed by atoms with Crippen molar-refractivity contribution < 1.29 is 32.6 Å². The summed E-state index contributed by atoms with van der Waals surface area (Å²) in [5, 5.41) is 0. The van der Waals surface area contributed by atoms with Crippen molar-refractivity contribution in [2.24, 2.45) is 0 Å². The van der Waals surface area contributed by atoms with Crippen molar-refractivity contribution in [3.8, 4) is 0 Å². The van der Waals surface area contributed by atoms with E-state index in [1.807, 2.05) is 6.92 Å².